The van der Waals surface area contributed by atoms with Gasteiger partial charge in [-0.15, -0.1) is 0 Å². The molecule has 0 heterocycles. The quantitative estimate of drug-likeness (QED) is 0.869. The second-order valence-corrected chi connectivity index (χ2v) is 5.20. The Bertz CT molecular complexity index is 313. The zero-order valence-corrected chi connectivity index (χ0v) is 11.6. The lowest BCUT2D eigenvalue weighted by atomic mass is 10.1. The highest BCUT2D eigenvalue weighted by Gasteiger charge is 2.08. The molecule has 0 fully saturated rings. The predicted molar refractivity (Wildman–Crippen MR) is 71.3 cm³/mol. The standard InChI is InChI=1S/C13H20BrNO/c1-3-11(10-16)8-15(2)9-12-5-4-6-13(14)7-12/h4-7,11,16H,3,8-10H2,1-2H3. The van der Waals surface area contributed by atoms with E-state index >= 15 is 0 Å². The largest absolute Gasteiger partial charge is 0.396 e. The van der Waals surface area contributed by atoms with Crippen LogP contribution in [-0.2, 0) is 6.54 Å². The normalized spacial score (nSPS) is 13.1. The Labute approximate surface area is 106 Å². The topological polar surface area (TPSA) is 23.5 Å². The number of rotatable bonds is 6. The van der Waals surface area contributed by atoms with E-state index in [1.807, 2.05) is 6.07 Å². The van der Waals surface area contributed by atoms with Crippen molar-refractivity contribution in [2.45, 2.75) is 19.9 Å². The van der Waals surface area contributed by atoms with Gasteiger partial charge in [0.15, 0.2) is 0 Å². The smallest absolute Gasteiger partial charge is 0.0471 e. The Morgan fingerprint density at radius 2 is 2.19 bits per heavy atom. The average molecular weight is 286 g/mol. The molecule has 1 N–H and O–H groups in total. The van der Waals surface area contributed by atoms with Crippen molar-refractivity contribution in [2.24, 2.45) is 5.92 Å². The van der Waals surface area contributed by atoms with Crippen LogP contribution in [0.2, 0.25) is 0 Å². The van der Waals surface area contributed by atoms with Crippen LogP contribution in [0.5, 0.6) is 0 Å². The van der Waals surface area contributed by atoms with Crippen molar-refractivity contribution in [3.8, 4) is 0 Å². The van der Waals surface area contributed by atoms with Gasteiger partial charge in [-0.3, -0.25) is 0 Å². The van der Waals surface area contributed by atoms with Crippen molar-refractivity contribution in [3.05, 3.63) is 34.3 Å². The van der Waals surface area contributed by atoms with Crippen LogP contribution in [0.15, 0.2) is 28.7 Å². The molecule has 1 atom stereocenters. The van der Waals surface area contributed by atoms with Crippen LogP contribution in [0.1, 0.15) is 18.9 Å². The number of halogens is 1. The third-order valence-electron chi connectivity index (χ3n) is 2.75. The van der Waals surface area contributed by atoms with Crippen molar-refractivity contribution < 1.29 is 5.11 Å². The number of aliphatic hydroxyl groups is 1. The minimum absolute atomic E-state index is 0.277. The summed E-state index contributed by atoms with van der Waals surface area (Å²) in [6, 6.07) is 8.35. The third kappa shape index (κ3) is 4.64. The van der Waals surface area contributed by atoms with Crippen molar-refractivity contribution in [3.63, 3.8) is 0 Å². The zero-order valence-electron chi connectivity index (χ0n) is 9.99. The van der Waals surface area contributed by atoms with E-state index < -0.39 is 0 Å². The van der Waals surface area contributed by atoms with Gasteiger partial charge in [-0.25, -0.2) is 0 Å². The molecule has 0 spiro atoms. The SMILES string of the molecule is CCC(CO)CN(C)Cc1cccc(Br)c1. The summed E-state index contributed by atoms with van der Waals surface area (Å²) in [6.45, 7) is 4.27. The molecule has 0 aliphatic heterocycles. The number of benzene rings is 1. The molecule has 3 heteroatoms. The number of nitrogens with zero attached hydrogens (tertiary/aromatic N) is 1. The lowest BCUT2D eigenvalue weighted by Gasteiger charge is -2.21. The summed E-state index contributed by atoms with van der Waals surface area (Å²) in [5, 5.41) is 9.15. The predicted octanol–water partition coefficient (Wildman–Crippen LogP) is 2.90. The molecule has 1 aromatic carbocycles. The van der Waals surface area contributed by atoms with Crippen molar-refractivity contribution in [1.29, 1.82) is 0 Å². The van der Waals surface area contributed by atoms with Crippen molar-refractivity contribution in [1.82, 2.24) is 4.90 Å². The summed E-state index contributed by atoms with van der Waals surface area (Å²) < 4.78 is 1.12. The van der Waals surface area contributed by atoms with Crippen LogP contribution in [-0.4, -0.2) is 30.2 Å². The number of hydrogen-bond donors (Lipinski definition) is 1. The first kappa shape index (κ1) is 13.7. The lowest BCUT2D eigenvalue weighted by molar-refractivity contribution is 0.173. The van der Waals surface area contributed by atoms with Gasteiger partial charge in [0.05, 0.1) is 0 Å². The van der Waals surface area contributed by atoms with E-state index in [1.165, 1.54) is 5.56 Å². The highest BCUT2D eigenvalue weighted by Crippen LogP contribution is 2.14. The maximum absolute atomic E-state index is 9.15. The molecule has 0 amide bonds. The molecule has 0 aromatic heterocycles. The van der Waals surface area contributed by atoms with Crippen molar-refractivity contribution >= 4 is 15.9 Å². The summed E-state index contributed by atoms with van der Waals surface area (Å²) in [5.74, 6) is 0.386. The number of aliphatic hydroxyl groups excluding tert-OH is 1. The van der Waals surface area contributed by atoms with E-state index in [-0.39, 0.29) is 6.61 Å². The van der Waals surface area contributed by atoms with E-state index in [1.54, 1.807) is 0 Å². The first-order valence-corrected chi connectivity index (χ1v) is 6.48. The fourth-order valence-corrected chi connectivity index (χ4v) is 2.21. The van der Waals surface area contributed by atoms with E-state index in [0.29, 0.717) is 5.92 Å². The highest BCUT2D eigenvalue weighted by molar-refractivity contribution is 9.10. The van der Waals surface area contributed by atoms with Gasteiger partial charge < -0.3 is 10.0 Å². The maximum Gasteiger partial charge on any atom is 0.0471 e. The van der Waals surface area contributed by atoms with Gasteiger partial charge in [0.1, 0.15) is 0 Å². The van der Waals surface area contributed by atoms with Gasteiger partial charge in [-0.05, 0) is 37.1 Å². The molecule has 0 saturated heterocycles. The fourth-order valence-electron chi connectivity index (χ4n) is 1.77. The van der Waals surface area contributed by atoms with Crippen LogP contribution >= 0.6 is 15.9 Å². The van der Waals surface area contributed by atoms with E-state index in [2.05, 4.69) is 53.0 Å². The molecule has 0 aliphatic carbocycles. The molecular formula is C13H20BrNO. The highest BCUT2D eigenvalue weighted by atomic mass is 79.9. The molecule has 2 nitrogen and oxygen atoms in total. The Morgan fingerprint density at radius 3 is 2.75 bits per heavy atom. The van der Waals surface area contributed by atoms with Crippen LogP contribution in [0.25, 0.3) is 0 Å². The molecule has 90 valence electrons. The minimum Gasteiger partial charge on any atom is -0.396 e. The van der Waals surface area contributed by atoms with Gasteiger partial charge in [-0.1, -0.05) is 35.0 Å². The van der Waals surface area contributed by atoms with Crippen LogP contribution in [0, 0.1) is 5.92 Å². The van der Waals surface area contributed by atoms with E-state index in [4.69, 9.17) is 5.11 Å². The summed E-state index contributed by atoms with van der Waals surface area (Å²) in [7, 11) is 2.10. The molecule has 1 rings (SSSR count). The van der Waals surface area contributed by atoms with Crippen LogP contribution < -0.4 is 0 Å². The van der Waals surface area contributed by atoms with Crippen LogP contribution in [0.3, 0.4) is 0 Å². The zero-order chi connectivity index (χ0) is 12.0. The first-order valence-electron chi connectivity index (χ1n) is 5.69. The monoisotopic (exact) mass is 285 g/mol. The molecular weight excluding hydrogens is 266 g/mol. The first-order chi connectivity index (χ1) is 7.65. The minimum atomic E-state index is 0.277. The summed E-state index contributed by atoms with van der Waals surface area (Å²) >= 11 is 3.47. The maximum atomic E-state index is 9.15. The molecule has 0 aliphatic rings. The summed E-state index contributed by atoms with van der Waals surface area (Å²) in [5.41, 5.74) is 1.30. The molecule has 0 saturated carbocycles. The molecule has 1 unspecified atom stereocenters. The Morgan fingerprint density at radius 1 is 1.44 bits per heavy atom. The second-order valence-electron chi connectivity index (χ2n) is 4.28. The van der Waals surface area contributed by atoms with E-state index in [0.717, 1.165) is 24.0 Å². The fraction of sp³-hybridized carbons (Fsp3) is 0.538. The van der Waals surface area contributed by atoms with Gasteiger partial charge in [0.2, 0.25) is 0 Å². The molecule has 0 bridgehead atoms. The second kappa shape index (κ2) is 7.05. The van der Waals surface area contributed by atoms with Crippen molar-refractivity contribution in [2.75, 3.05) is 20.2 Å². The Balaban J connectivity index is 2.47. The molecule has 1 aromatic rings. The Kier molecular flexibility index (Phi) is 6.03. The number of hydrogen-bond acceptors (Lipinski definition) is 2. The Hall–Kier alpha value is -0.380. The molecule has 16 heavy (non-hydrogen) atoms. The summed E-state index contributed by atoms with van der Waals surface area (Å²) in [6.07, 6.45) is 1.03. The summed E-state index contributed by atoms with van der Waals surface area (Å²) in [4.78, 5) is 2.26. The average Bonchev–Trinajstić information content (AvgIpc) is 2.26. The van der Waals surface area contributed by atoms with Gasteiger partial charge in [-0.2, -0.15) is 0 Å². The third-order valence-corrected chi connectivity index (χ3v) is 3.24. The van der Waals surface area contributed by atoms with Gasteiger partial charge >= 0.3 is 0 Å². The lowest BCUT2D eigenvalue weighted by Crippen LogP contribution is -2.26. The van der Waals surface area contributed by atoms with Gasteiger partial charge in [0, 0.05) is 24.2 Å². The van der Waals surface area contributed by atoms with Crippen LogP contribution in [0.4, 0.5) is 0 Å². The van der Waals surface area contributed by atoms with E-state index in [9.17, 15) is 0 Å². The molecule has 0 radical (unpaired) electrons. The van der Waals surface area contributed by atoms with Gasteiger partial charge in [0.25, 0.3) is 0 Å².